The van der Waals surface area contributed by atoms with Crippen LogP contribution in [0.1, 0.15) is 11.6 Å². The number of aryl methyl sites for hydroxylation is 2. The number of nitrogens with zero attached hydrogens (tertiary/aromatic N) is 4. The van der Waals surface area contributed by atoms with Gasteiger partial charge < -0.3 is 4.90 Å². The molecule has 0 bridgehead atoms. The zero-order chi connectivity index (χ0) is 13.4. The van der Waals surface area contributed by atoms with Gasteiger partial charge in [-0.15, -0.1) is 11.8 Å². The first kappa shape index (κ1) is 12.2. The van der Waals surface area contributed by atoms with E-state index in [1.807, 2.05) is 38.2 Å². The van der Waals surface area contributed by atoms with Crippen LogP contribution in [0.2, 0.25) is 0 Å². The van der Waals surface area contributed by atoms with Crippen LogP contribution in [0, 0.1) is 6.92 Å². The lowest BCUT2D eigenvalue weighted by molar-refractivity contribution is -0.116. The monoisotopic (exact) mass is 274 g/mol. The van der Waals surface area contributed by atoms with Gasteiger partial charge in [-0.25, -0.2) is 4.98 Å². The van der Waals surface area contributed by atoms with E-state index in [0.29, 0.717) is 12.3 Å². The average Bonchev–Trinajstić information content (AvgIpc) is 2.71. The Morgan fingerprint density at radius 2 is 2.16 bits per heavy atom. The van der Waals surface area contributed by atoms with Gasteiger partial charge in [-0.3, -0.25) is 9.48 Å². The summed E-state index contributed by atoms with van der Waals surface area (Å²) in [6, 6.07) is 7.96. The van der Waals surface area contributed by atoms with Gasteiger partial charge in [-0.1, -0.05) is 12.1 Å². The molecule has 0 saturated heterocycles. The summed E-state index contributed by atoms with van der Waals surface area (Å²) >= 11 is 1.59. The second-order valence-corrected chi connectivity index (χ2v) is 5.45. The number of hydrogen-bond donors (Lipinski definition) is 0. The minimum Gasteiger partial charge on any atom is -0.303 e. The van der Waals surface area contributed by atoms with Crippen LogP contribution in [0.3, 0.4) is 0 Å². The topological polar surface area (TPSA) is 51.0 Å². The number of benzene rings is 1. The molecule has 19 heavy (non-hydrogen) atoms. The second-order valence-electron chi connectivity index (χ2n) is 4.44. The SMILES string of the molecule is Cc1nc(CN2C(=O)CSc3ccccc32)n(C)n1. The third-order valence-electron chi connectivity index (χ3n) is 3.07. The maximum atomic E-state index is 12.1. The zero-order valence-electron chi connectivity index (χ0n) is 10.8. The van der Waals surface area contributed by atoms with Crippen molar-refractivity contribution in [3.63, 3.8) is 0 Å². The molecule has 0 aliphatic carbocycles. The largest absolute Gasteiger partial charge is 0.303 e. The van der Waals surface area contributed by atoms with E-state index < -0.39 is 0 Å². The van der Waals surface area contributed by atoms with E-state index in [-0.39, 0.29) is 5.91 Å². The highest BCUT2D eigenvalue weighted by atomic mass is 32.2. The number of amides is 1. The van der Waals surface area contributed by atoms with E-state index in [2.05, 4.69) is 10.1 Å². The van der Waals surface area contributed by atoms with Crippen molar-refractivity contribution in [2.24, 2.45) is 7.05 Å². The third kappa shape index (κ3) is 2.23. The van der Waals surface area contributed by atoms with Gasteiger partial charge in [0.2, 0.25) is 5.91 Å². The molecule has 0 fully saturated rings. The van der Waals surface area contributed by atoms with Crippen molar-refractivity contribution in [3.05, 3.63) is 35.9 Å². The molecule has 1 aromatic carbocycles. The summed E-state index contributed by atoms with van der Waals surface area (Å²) in [6.45, 7) is 2.32. The lowest BCUT2D eigenvalue weighted by atomic mass is 10.2. The summed E-state index contributed by atoms with van der Waals surface area (Å²) < 4.78 is 1.73. The Bertz CT molecular complexity index is 637. The minimum atomic E-state index is 0.115. The van der Waals surface area contributed by atoms with E-state index >= 15 is 0 Å². The molecule has 0 unspecified atom stereocenters. The number of hydrogen-bond acceptors (Lipinski definition) is 4. The molecule has 98 valence electrons. The molecule has 5 nitrogen and oxygen atoms in total. The second kappa shape index (κ2) is 4.70. The Labute approximate surface area is 115 Å². The summed E-state index contributed by atoms with van der Waals surface area (Å²) in [5, 5.41) is 4.22. The van der Waals surface area contributed by atoms with E-state index in [9.17, 15) is 4.79 Å². The van der Waals surface area contributed by atoms with Crippen molar-refractivity contribution in [1.29, 1.82) is 0 Å². The first-order valence-corrected chi connectivity index (χ1v) is 7.02. The highest BCUT2D eigenvalue weighted by molar-refractivity contribution is 8.00. The molecule has 1 aliphatic rings. The number of carbonyl (C=O) groups is 1. The van der Waals surface area contributed by atoms with Crippen molar-refractivity contribution < 1.29 is 4.79 Å². The number of rotatable bonds is 2. The van der Waals surface area contributed by atoms with Gasteiger partial charge in [0.15, 0.2) is 0 Å². The van der Waals surface area contributed by atoms with Gasteiger partial charge in [0.1, 0.15) is 11.6 Å². The fourth-order valence-corrected chi connectivity index (χ4v) is 3.10. The molecule has 0 radical (unpaired) electrons. The molecular formula is C13H14N4OS. The summed E-state index contributed by atoms with van der Waals surface area (Å²) in [4.78, 5) is 19.4. The van der Waals surface area contributed by atoms with Crippen LogP contribution in [0.15, 0.2) is 29.2 Å². The van der Waals surface area contributed by atoms with Crippen LogP contribution in [-0.4, -0.2) is 26.4 Å². The number of fused-ring (bicyclic) bond motifs is 1. The molecule has 3 rings (SSSR count). The third-order valence-corrected chi connectivity index (χ3v) is 4.11. The van der Waals surface area contributed by atoms with Crippen LogP contribution in [0.4, 0.5) is 5.69 Å². The van der Waals surface area contributed by atoms with Crippen LogP contribution in [0.5, 0.6) is 0 Å². The van der Waals surface area contributed by atoms with E-state index in [1.54, 1.807) is 21.3 Å². The highest BCUT2D eigenvalue weighted by Gasteiger charge is 2.25. The quantitative estimate of drug-likeness (QED) is 0.837. The van der Waals surface area contributed by atoms with Crippen molar-refractivity contribution >= 4 is 23.4 Å². The maximum absolute atomic E-state index is 12.1. The predicted octanol–water partition coefficient (Wildman–Crippen LogP) is 1.76. The van der Waals surface area contributed by atoms with Gasteiger partial charge >= 0.3 is 0 Å². The first-order chi connectivity index (χ1) is 9.15. The van der Waals surface area contributed by atoms with Crippen molar-refractivity contribution in [2.75, 3.05) is 10.7 Å². The first-order valence-electron chi connectivity index (χ1n) is 6.04. The minimum absolute atomic E-state index is 0.115. The molecule has 0 N–H and O–H groups in total. The molecule has 0 atom stereocenters. The number of thioether (sulfide) groups is 1. The number of carbonyl (C=O) groups excluding carboxylic acids is 1. The van der Waals surface area contributed by atoms with Crippen molar-refractivity contribution in [1.82, 2.24) is 14.8 Å². The molecule has 2 heterocycles. The predicted molar refractivity (Wildman–Crippen MR) is 74.1 cm³/mol. The summed E-state index contributed by atoms with van der Waals surface area (Å²) in [7, 11) is 1.85. The molecule has 1 aromatic heterocycles. The van der Waals surface area contributed by atoms with Gasteiger partial charge in [-0.05, 0) is 19.1 Å². The van der Waals surface area contributed by atoms with Crippen LogP contribution in [0.25, 0.3) is 0 Å². The van der Waals surface area contributed by atoms with Gasteiger partial charge in [0.05, 0.1) is 18.0 Å². The number of para-hydroxylation sites is 1. The fourth-order valence-electron chi connectivity index (χ4n) is 2.16. The molecule has 2 aromatic rings. The van der Waals surface area contributed by atoms with Gasteiger partial charge in [0.25, 0.3) is 0 Å². The Morgan fingerprint density at radius 1 is 1.37 bits per heavy atom. The summed E-state index contributed by atoms with van der Waals surface area (Å²) in [6.07, 6.45) is 0. The van der Waals surface area contributed by atoms with Crippen molar-refractivity contribution in [3.8, 4) is 0 Å². The van der Waals surface area contributed by atoms with Crippen molar-refractivity contribution in [2.45, 2.75) is 18.4 Å². The summed E-state index contributed by atoms with van der Waals surface area (Å²) in [5.41, 5.74) is 0.962. The lowest BCUT2D eigenvalue weighted by Gasteiger charge is -2.28. The standard InChI is InChI=1S/C13H14N4OS/c1-9-14-12(16(2)15-9)7-17-10-5-3-4-6-11(10)19-8-13(17)18/h3-6H,7-8H2,1-2H3. The molecule has 1 aliphatic heterocycles. The van der Waals surface area contributed by atoms with Gasteiger partial charge in [-0.2, -0.15) is 5.10 Å². The average molecular weight is 274 g/mol. The Balaban J connectivity index is 1.96. The van der Waals surface area contributed by atoms with Crippen LogP contribution in [-0.2, 0) is 18.4 Å². The zero-order valence-corrected chi connectivity index (χ0v) is 11.6. The van der Waals surface area contributed by atoms with E-state index in [1.165, 1.54) is 0 Å². The number of aromatic nitrogens is 3. The Morgan fingerprint density at radius 3 is 2.89 bits per heavy atom. The maximum Gasteiger partial charge on any atom is 0.237 e. The Kier molecular flexibility index (Phi) is 3.02. The highest BCUT2D eigenvalue weighted by Crippen LogP contribution is 2.35. The van der Waals surface area contributed by atoms with Crippen LogP contribution >= 0.6 is 11.8 Å². The normalized spacial score (nSPS) is 14.6. The molecule has 1 amide bonds. The summed E-state index contributed by atoms with van der Waals surface area (Å²) in [5.74, 6) is 2.12. The Hall–Kier alpha value is -1.82. The molecule has 6 heteroatoms. The molecule has 0 spiro atoms. The van der Waals surface area contributed by atoms with Crippen LogP contribution < -0.4 is 4.90 Å². The van der Waals surface area contributed by atoms with E-state index in [0.717, 1.165) is 22.2 Å². The van der Waals surface area contributed by atoms with E-state index in [4.69, 9.17) is 0 Å². The van der Waals surface area contributed by atoms with Gasteiger partial charge in [0, 0.05) is 11.9 Å². The molecule has 0 saturated carbocycles. The smallest absolute Gasteiger partial charge is 0.237 e. The fraction of sp³-hybridized carbons (Fsp3) is 0.308. The lowest BCUT2D eigenvalue weighted by Crippen LogP contribution is -2.35. The number of anilines is 1. The molecular weight excluding hydrogens is 260 g/mol.